The average Bonchev–Trinajstić information content (AvgIpc) is 3.14. The van der Waals surface area contributed by atoms with E-state index >= 15 is 0 Å². The van der Waals surface area contributed by atoms with Gasteiger partial charge in [0.15, 0.2) is 0 Å². The van der Waals surface area contributed by atoms with E-state index in [1.54, 1.807) is 6.92 Å². The van der Waals surface area contributed by atoms with Gasteiger partial charge in [-0.25, -0.2) is 8.78 Å². The van der Waals surface area contributed by atoms with Crippen molar-refractivity contribution < 1.29 is 22.4 Å². The molecule has 1 aromatic heterocycles. The first-order valence-corrected chi connectivity index (χ1v) is 10.1. The number of carbonyl (C=O) groups is 1. The number of benzene rings is 2. The number of rotatable bonds is 7. The monoisotopic (exact) mass is 462 g/mol. The first-order chi connectivity index (χ1) is 15.3. The number of nitrogens with one attached hydrogen (secondary N) is 1. The number of hydrogen-bond acceptors (Lipinski definition) is 4. The molecule has 0 saturated heterocycles. The Hall–Kier alpha value is -3.56. The van der Waals surface area contributed by atoms with Gasteiger partial charge in [-0.05, 0) is 53.6 Å². The van der Waals surface area contributed by atoms with E-state index in [-0.39, 0.29) is 39.5 Å². The molecule has 1 amide bonds. The van der Waals surface area contributed by atoms with Crippen LogP contribution in [0.2, 0.25) is 0 Å². The lowest BCUT2D eigenvalue weighted by Crippen LogP contribution is -2.15. The van der Waals surface area contributed by atoms with Crippen molar-refractivity contribution in [3.05, 3.63) is 69.8 Å². The van der Waals surface area contributed by atoms with Crippen LogP contribution in [0.4, 0.5) is 28.9 Å². The molecule has 0 aliphatic rings. The maximum Gasteiger partial charge on any atom is 0.286 e. The Morgan fingerprint density at radius 2 is 1.76 bits per heavy atom. The standard InChI is InChI=1S/C23H22F4N4O2/c1-5-13-6-8-15(11-17(13)22(2,24)25)28-21(32)14-7-9-16(19(10-14)30-33)18-12-20(23(3,26)27)31(4)29-18/h6-12H,5H2,1-4H3,(H,28,32). The third kappa shape index (κ3) is 5.10. The largest absolute Gasteiger partial charge is 0.322 e. The number of aryl methyl sites for hydroxylation is 2. The lowest BCUT2D eigenvalue weighted by atomic mass is 9.99. The third-order valence-electron chi connectivity index (χ3n) is 5.19. The zero-order valence-corrected chi connectivity index (χ0v) is 18.4. The average molecular weight is 462 g/mol. The Labute approximate surface area is 187 Å². The Kier molecular flexibility index (Phi) is 6.40. The molecule has 3 rings (SSSR count). The molecular weight excluding hydrogens is 440 g/mol. The Balaban J connectivity index is 1.92. The zero-order valence-electron chi connectivity index (χ0n) is 18.4. The first kappa shape index (κ1) is 24.1. The summed E-state index contributed by atoms with van der Waals surface area (Å²) in [5.74, 6) is -6.88. The van der Waals surface area contributed by atoms with Crippen molar-refractivity contribution in [2.75, 3.05) is 5.32 Å². The van der Waals surface area contributed by atoms with E-state index in [4.69, 9.17) is 0 Å². The van der Waals surface area contributed by atoms with Crippen molar-refractivity contribution in [1.29, 1.82) is 0 Å². The van der Waals surface area contributed by atoms with Crippen LogP contribution >= 0.6 is 0 Å². The molecular formula is C23H22F4N4O2. The number of hydrogen-bond donors (Lipinski definition) is 1. The molecule has 0 aliphatic carbocycles. The summed E-state index contributed by atoms with van der Waals surface area (Å²) in [5, 5.41) is 9.45. The van der Waals surface area contributed by atoms with E-state index in [0.717, 1.165) is 24.6 Å². The van der Waals surface area contributed by atoms with Crippen molar-refractivity contribution in [1.82, 2.24) is 9.78 Å². The van der Waals surface area contributed by atoms with Gasteiger partial charge in [0, 0.05) is 43.3 Å². The van der Waals surface area contributed by atoms with Gasteiger partial charge in [0.05, 0.1) is 5.69 Å². The molecule has 0 bridgehead atoms. The summed E-state index contributed by atoms with van der Waals surface area (Å²) in [6, 6.07) is 9.32. The van der Waals surface area contributed by atoms with Gasteiger partial charge in [0.2, 0.25) is 0 Å². The molecule has 33 heavy (non-hydrogen) atoms. The maximum atomic E-state index is 13.9. The summed E-state index contributed by atoms with van der Waals surface area (Å²) in [5.41, 5.74) is 0.224. The summed E-state index contributed by atoms with van der Waals surface area (Å²) < 4.78 is 56.3. The number of carbonyl (C=O) groups excluding carboxylic acids is 1. The van der Waals surface area contributed by atoms with Crippen molar-refractivity contribution in [2.24, 2.45) is 12.2 Å². The molecule has 0 saturated carbocycles. The lowest BCUT2D eigenvalue weighted by molar-refractivity contribution is 0.00876. The van der Waals surface area contributed by atoms with Crippen LogP contribution in [0.25, 0.3) is 11.3 Å². The van der Waals surface area contributed by atoms with Gasteiger partial charge in [0.1, 0.15) is 11.4 Å². The molecule has 6 nitrogen and oxygen atoms in total. The van der Waals surface area contributed by atoms with E-state index in [0.29, 0.717) is 12.0 Å². The second kappa shape index (κ2) is 8.76. The van der Waals surface area contributed by atoms with Crippen molar-refractivity contribution in [2.45, 2.75) is 39.0 Å². The summed E-state index contributed by atoms with van der Waals surface area (Å²) in [4.78, 5) is 24.1. The third-order valence-corrected chi connectivity index (χ3v) is 5.19. The summed E-state index contributed by atoms with van der Waals surface area (Å²) in [6.07, 6.45) is 0.405. The number of aromatic nitrogens is 2. The summed E-state index contributed by atoms with van der Waals surface area (Å²) >= 11 is 0. The SMILES string of the molecule is CCc1ccc(NC(=O)c2ccc(-c3cc(C(C)(F)F)n(C)n3)c(N=O)c2)cc1C(C)(F)F. The molecule has 0 unspecified atom stereocenters. The van der Waals surface area contributed by atoms with Crippen LogP contribution in [-0.2, 0) is 25.3 Å². The second-order valence-corrected chi connectivity index (χ2v) is 7.82. The highest BCUT2D eigenvalue weighted by Gasteiger charge is 2.30. The first-order valence-electron chi connectivity index (χ1n) is 10.1. The predicted molar refractivity (Wildman–Crippen MR) is 117 cm³/mol. The van der Waals surface area contributed by atoms with Crippen LogP contribution in [0, 0.1) is 4.91 Å². The van der Waals surface area contributed by atoms with Gasteiger partial charge in [-0.15, -0.1) is 4.91 Å². The van der Waals surface area contributed by atoms with Gasteiger partial charge in [-0.1, -0.05) is 13.0 Å². The number of nitroso groups, excluding NO2 is 1. The maximum absolute atomic E-state index is 13.9. The lowest BCUT2D eigenvalue weighted by Gasteiger charge is -2.17. The van der Waals surface area contributed by atoms with Crippen LogP contribution in [0.5, 0.6) is 0 Å². The molecule has 0 radical (unpaired) electrons. The number of nitrogens with zero attached hydrogens (tertiary/aromatic N) is 3. The summed E-state index contributed by atoms with van der Waals surface area (Å²) in [7, 11) is 1.35. The van der Waals surface area contributed by atoms with Gasteiger partial charge in [0.25, 0.3) is 17.8 Å². The Morgan fingerprint density at radius 1 is 1.06 bits per heavy atom. The molecule has 0 spiro atoms. The highest BCUT2D eigenvalue weighted by Crippen LogP contribution is 2.35. The van der Waals surface area contributed by atoms with Crippen molar-refractivity contribution >= 4 is 17.3 Å². The number of amides is 1. The van der Waals surface area contributed by atoms with Crippen LogP contribution in [-0.4, -0.2) is 15.7 Å². The fourth-order valence-corrected chi connectivity index (χ4v) is 3.55. The number of alkyl halides is 4. The molecule has 0 fully saturated rings. The molecule has 1 N–H and O–H groups in total. The molecule has 0 atom stereocenters. The molecule has 0 aliphatic heterocycles. The number of anilines is 1. The minimum Gasteiger partial charge on any atom is -0.322 e. The Morgan fingerprint density at radius 3 is 2.30 bits per heavy atom. The minimum atomic E-state index is -3.14. The summed E-state index contributed by atoms with van der Waals surface area (Å²) in [6.45, 7) is 3.27. The fraction of sp³-hybridized carbons (Fsp3) is 0.304. The minimum absolute atomic E-state index is 0.0368. The smallest absolute Gasteiger partial charge is 0.286 e. The van der Waals surface area contributed by atoms with E-state index in [1.165, 1.54) is 43.4 Å². The van der Waals surface area contributed by atoms with Gasteiger partial charge in [-0.3, -0.25) is 9.48 Å². The molecule has 1 heterocycles. The zero-order chi connectivity index (χ0) is 24.6. The van der Waals surface area contributed by atoms with Gasteiger partial charge < -0.3 is 5.32 Å². The van der Waals surface area contributed by atoms with Gasteiger partial charge >= 0.3 is 0 Å². The quantitative estimate of drug-likeness (QED) is 0.321. The van der Waals surface area contributed by atoms with E-state index < -0.39 is 17.8 Å². The second-order valence-electron chi connectivity index (χ2n) is 7.82. The van der Waals surface area contributed by atoms with Crippen LogP contribution < -0.4 is 5.32 Å². The van der Waals surface area contributed by atoms with E-state index in [2.05, 4.69) is 15.6 Å². The van der Waals surface area contributed by atoms with Crippen molar-refractivity contribution in [3.63, 3.8) is 0 Å². The highest BCUT2D eigenvalue weighted by molar-refractivity contribution is 6.05. The van der Waals surface area contributed by atoms with E-state index in [9.17, 15) is 27.3 Å². The predicted octanol–water partition coefficient (Wildman–Crippen LogP) is 6.52. The van der Waals surface area contributed by atoms with Crippen LogP contribution in [0.3, 0.4) is 0 Å². The van der Waals surface area contributed by atoms with E-state index in [1.807, 2.05) is 0 Å². The molecule has 10 heteroatoms. The highest BCUT2D eigenvalue weighted by atomic mass is 19.3. The number of halogens is 4. The fourth-order valence-electron chi connectivity index (χ4n) is 3.55. The molecule has 174 valence electrons. The van der Waals surface area contributed by atoms with Crippen LogP contribution in [0.1, 0.15) is 48.0 Å². The van der Waals surface area contributed by atoms with Crippen molar-refractivity contribution in [3.8, 4) is 11.3 Å². The Bertz CT molecular complexity index is 1210. The normalized spacial score (nSPS) is 12.0. The molecule has 2 aromatic carbocycles. The topological polar surface area (TPSA) is 76.3 Å². The van der Waals surface area contributed by atoms with Crippen LogP contribution in [0.15, 0.2) is 47.6 Å². The van der Waals surface area contributed by atoms with Gasteiger partial charge in [-0.2, -0.15) is 13.9 Å². The molecule has 3 aromatic rings.